The Labute approximate surface area is 233 Å². The summed E-state index contributed by atoms with van der Waals surface area (Å²) in [7, 11) is 0. The zero-order valence-electron chi connectivity index (χ0n) is 21.7. The Hall–Kier alpha value is -4.02. The van der Waals surface area contributed by atoms with E-state index in [4.69, 9.17) is 5.73 Å². The van der Waals surface area contributed by atoms with Gasteiger partial charge in [-0.05, 0) is 61.3 Å². The van der Waals surface area contributed by atoms with Gasteiger partial charge in [-0.15, -0.1) is 0 Å². The van der Waals surface area contributed by atoms with Crippen LogP contribution in [0, 0.1) is 0 Å². The summed E-state index contributed by atoms with van der Waals surface area (Å²) in [4.78, 5) is 18.0. The number of aromatic nitrogens is 4. The standard InChI is InChI=1S/C11H8F5N3.C7H7F5O2.C7H10N2/c12-10(13,11(14,15)16)9-3-6-19(18-9)7-8-1-4-17-5-2-8;1-2-14-4-3-5(13)6(8,9)7(10,11)12;8-4-1-7-2-5-9-6-3-7/h1-6H,7H2;3-4H,2H2,1H3;2-3,5-6H,1,4,8H2/b;4-3+;. The van der Waals surface area contributed by atoms with Gasteiger partial charge in [-0.3, -0.25) is 19.4 Å². The highest BCUT2D eigenvalue weighted by atomic mass is 19.4. The first-order valence-electron chi connectivity index (χ1n) is 11.7. The van der Waals surface area contributed by atoms with Crippen molar-refractivity contribution in [1.29, 1.82) is 0 Å². The van der Waals surface area contributed by atoms with Gasteiger partial charge in [-0.25, -0.2) is 0 Å². The maximum atomic E-state index is 13.0. The quantitative estimate of drug-likeness (QED) is 0.184. The van der Waals surface area contributed by atoms with Gasteiger partial charge >= 0.3 is 24.2 Å². The van der Waals surface area contributed by atoms with E-state index in [-0.39, 0.29) is 19.2 Å². The average Bonchev–Trinajstić information content (AvgIpc) is 3.39. The lowest BCUT2D eigenvalue weighted by Crippen LogP contribution is -2.43. The number of ketones is 1. The van der Waals surface area contributed by atoms with Crippen molar-refractivity contribution in [1.82, 2.24) is 19.7 Å². The van der Waals surface area contributed by atoms with Crippen LogP contribution in [0.3, 0.4) is 0 Å². The maximum absolute atomic E-state index is 13.0. The molecular formula is C25H25F10N5O2. The van der Waals surface area contributed by atoms with Crippen LogP contribution in [0.4, 0.5) is 43.9 Å². The Bertz CT molecular complexity index is 1230. The number of nitrogens with zero attached hydrogens (tertiary/aromatic N) is 4. The third kappa shape index (κ3) is 11.1. The molecule has 3 aromatic rings. The zero-order valence-corrected chi connectivity index (χ0v) is 21.7. The number of nitrogens with two attached hydrogens (primary N) is 1. The predicted octanol–water partition coefficient (Wildman–Crippen LogP) is 5.87. The van der Waals surface area contributed by atoms with E-state index in [1.165, 1.54) is 24.9 Å². The number of hydrogen-bond acceptors (Lipinski definition) is 6. The van der Waals surface area contributed by atoms with Crippen molar-refractivity contribution >= 4 is 5.78 Å². The number of hydrogen-bond donors (Lipinski definition) is 1. The summed E-state index contributed by atoms with van der Waals surface area (Å²) < 4.78 is 127. The summed E-state index contributed by atoms with van der Waals surface area (Å²) in [5.74, 6) is -12.7. The van der Waals surface area contributed by atoms with Crippen molar-refractivity contribution in [3.8, 4) is 0 Å². The normalized spacial score (nSPS) is 12.2. The number of ether oxygens (including phenoxy) is 1. The van der Waals surface area contributed by atoms with Crippen molar-refractivity contribution in [2.75, 3.05) is 13.2 Å². The van der Waals surface area contributed by atoms with Crippen LogP contribution in [0.15, 0.2) is 73.7 Å². The van der Waals surface area contributed by atoms with Gasteiger partial charge in [0.15, 0.2) is 0 Å². The van der Waals surface area contributed by atoms with Crippen LogP contribution >= 0.6 is 0 Å². The molecule has 0 fully saturated rings. The number of halogens is 10. The van der Waals surface area contributed by atoms with E-state index in [1.54, 1.807) is 24.5 Å². The smallest absolute Gasteiger partial charge is 0.461 e. The molecule has 2 N–H and O–H groups in total. The summed E-state index contributed by atoms with van der Waals surface area (Å²) in [5.41, 5.74) is 5.98. The molecule has 7 nitrogen and oxygen atoms in total. The number of alkyl halides is 10. The highest BCUT2D eigenvalue weighted by Crippen LogP contribution is 2.43. The molecule has 42 heavy (non-hydrogen) atoms. The van der Waals surface area contributed by atoms with Crippen LogP contribution in [0.1, 0.15) is 23.7 Å². The third-order valence-electron chi connectivity index (χ3n) is 4.74. The Morgan fingerprint density at radius 2 is 1.38 bits per heavy atom. The van der Waals surface area contributed by atoms with Gasteiger partial charge in [0.1, 0.15) is 5.69 Å². The lowest BCUT2D eigenvalue weighted by atomic mass is 10.2. The first kappa shape index (κ1) is 36.0. The average molecular weight is 617 g/mol. The Morgan fingerprint density at radius 1 is 0.857 bits per heavy atom. The van der Waals surface area contributed by atoms with Gasteiger partial charge in [0.2, 0.25) is 5.78 Å². The molecule has 3 rings (SSSR count). The third-order valence-corrected chi connectivity index (χ3v) is 4.74. The van der Waals surface area contributed by atoms with E-state index in [0.717, 1.165) is 17.3 Å². The van der Waals surface area contributed by atoms with E-state index in [1.807, 2.05) is 12.1 Å². The lowest BCUT2D eigenvalue weighted by molar-refractivity contribution is -0.291. The van der Waals surface area contributed by atoms with Gasteiger partial charge in [-0.1, -0.05) is 0 Å². The predicted molar refractivity (Wildman–Crippen MR) is 129 cm³/mol. The fourth-order valence-electron chi connectivity index (χ4n) is 2.60. The van der Waals surface area contributed by atoms with Crippen LogP contribution in [0.25, 0.3) is 0 Å². The number of carbonyl (C=O) groups excluding carboxylic acids is 1. The van der Waals surface area contributed by atoms with Crippen molar-refractivity contribution in [3.63, 3.8) is 0 Å². The second-order valence-corrected chi connectivity index (χ2v) is 7.91. The minimum Gasteiger partial charge on any atom is -0.501 e. The molecule has 0 spiro atoms. The fourth-order valence-corrected chi connectivity index (χ4v) is 2.60. The highest BCUT2D eigenvalue weighted by Gasteiger charge is 2.62. The van der Waals surface area contributed by atoms with E-state index in [2.05, 4.69) is 19.8 Å². The zero-order chi connectivity index (χ0) is 32.0. The van der Waals surface area contributed by atoms with E-state index >= 15 is 0 Å². The molecule has 0 saturated carbocycles. The van der Waals surface area contributed by atoms with Gasteiger partial charge in [0.25, 0.3) is 0 Å². The van der Waals surface area contributed by atoms with Crippen LogP contribution in [-0.2, 0) is 28.4 Å². The molecule has 0 aliphatic heterocycles. The lowest BCUT2D eigenvalue weighted by Gasteiger charge is -2.16. The molecule has 0 atom stereocenters. The fraction of sp³-hybridized carbons (Fsp3) is 0.360. The molecule has 0 bridgehead atoms. The van der Waals surface area contributed by atoms with Gasteiger partial charge in [0, 0.05) is 37.1 Å². The molecule has 3 aromatic heterocycles. The monoisotopic (exact) mass is 617 g/mol. The molecule has 0 aromatic carbocycles. The molecule has 0 radical (unpaired) electrons. The van der Waals surface area contributed by atoms with Crippen molar-refractivity contribution in [2.24, 2.45) is 5.73 Å². The maximum Gasteiger partial charge on any atom is 0.461 e. The molecule has 0 aliphatic carbocycles. The first-order chi connectivity index (χ1) is 19.5. The number of rotatable bonds is 9. The SMILES string of the molecule is CCO/C=C/C(=O)C(F)(F)C(F)(F)F.FC(F)(F)C(F)(F)c1ccn(Cc2ccncc2)n1.NCCc1ccncc1. The summed E-state index contributed by atoms with van der Waals surface area (Å²) in [6, 6.07) is 7.85. The van der Waals surface area contributed by atoms with E-state index < -0.39 is 35.7 Å². The minimum atomic E-state index is -5.87. The molecule has 0 saturated heterocycles. The summed E-state index contributed by atoms with van der Waals surface area (Å²) in [6.45, 7) is 2.36. The number of allylic oxidation sites excluding steroid dienone is 1. The van der Waals surface area contributed by atoms with Crippen molar-refractivity contribution in [3.05, 3.63) is 90.5 Å². The summed E-state index contributed by atoms with van der Waals surface area (Å²) >= 11 is 0. The van der Waals surface area contributed by atoms with Crippen LogP contribution < -0.4 is 5.73 Å². The number of pyridine rings is 2. The first-order valence-corrected chi connectivity index (χ1v) is 11.7. The molecule has 0 amide bonds. The highest BCUT2D eigenvalue weighted by molar-refractivity contribution is 5.96. The van der Waals surface area contributed by atoms with Gasteiger partial charge in [0.05, 0.1) is 19.4 Å². The van der Waals surface area contributed by atoms with Crippen molar-refractivity contribution in [2.45, 2.75) is 44.1 Å². The molecule has 0 unspecified atom stereocenters. The van der Waals surface area contributed by atoms with Crippen molar-refractivity contribution < 1.29 is 53.4 Å². The van der Waals surface area contributed by atoms with Gasteiger partial charge in [-0.2, -0.15) is 49.0 Å². The number of carbonyl (C=O) groups is 1. The minimum absolute atomic E-state index is 0.0526. The summed E-state index contributed by atoms with van der Waals surface area (Å²) in [5, 5.41) is 3.27. The summed E-state index contributed by atoms with van der Waals surface area (Å²) in [6.07, 6.45) is -2.40. The Balaban J connectivity index is 0.000000337. The van der Waals surface area contributed by atoms with E-state index in [9.17, 15) is 48.7 Å². The molecule has 17 heteroatoms. The van der Waals surface area contributed by atoms with Gasteiger partial charge < -0.3 is 10.5 Å². The second-order valence-electron chi connectivity index (χ2n) is 7.91. The molecule has 0 aliphatic rings. The Kier molecular flexibility index (Phi) is 13.6. The van der Waals surface area contributed by atoms with Crippen LogP contribution in [0.5, 0.6) is 0 Å². The Morgan fingerprint density at radius 3 is 1.83 bits per heavy atom. The second kappa shape index (κ2) is 15.8. The van der Waals surface area contributed by atoms with Crippen LogP contribution in [0.2, 0.25) is 0 Å². The molecule has 3 heterocycles. The van der Waals surface area contributed by atoms with Crippen LogP contribution in [-0.4, -0.2) is 57.0 Å². The molecule has 232 valence electrons. The largest absolute Gasteiger partial charge is 0.501 e. The van der Waals surface area contributed by atoms with E-state index in [0.29, 0.717) is 24.4 Å². The molecular weight excluding hydrogens is 592 g/mol. The topological polar surface area (TPSA) is 95.9 Å².